The van der Waals surface area contributed by atoms with Gasteiger partial charge in [-0.05, 0) is 36.2 Å². The number of benzene rings is 2. The number of hydrogen-bond acceptors (Lipinski definition) is 4. The fourth-order valence-corrected chi connectivity index (χ4v) is 3.48. The van der Waals surface area contributed by atoms with Crippen molar-refractivity contribution < 1.29 is 19.2 Å². The zero-order valence-electron chi connectivity index (χ0n) is 14.7. The van der Waals surface area contributed by atoms with Crippen LogP contribution in [-0.2, 0) is 14.4 Å². The van der Waals surface area contributed by atoms with Gasteiger partial charge in [-0.2, -0.15) is 9.59 Å². The molecule has 2 amide bonds. The normalized spacial score (nSPS) is 18.3. The number of hydrazine groups is 1. The molecule has 1 fully saturated rings. The van der Waals surface area contributed by atoms with Crippen molar-refractivity contribution in [3.8, 4) is 0 Å². The van der Waals surface area contributed by atoms with E-state index in [0.29, 0.717) is 12.0 Å². The smallest absolute Gasteiger partial charge is 0.273 e. The molecule has 1 N–H and O–H groups in total. The van der Waals surface area contributed by atoms with Crippen LogP contribution < -0.4 is 5.43 Å². The fourth-order valence-electron chi connectivity index (χ4n) is 3.22. The molecule has 3 rings (SSSR count). The Balaban J connectivity index is 0.000000817. The molecule has 2 aromatic rings. The second kappa shape index (κ2) is 9.80. The molecule has 2 aromatic carbocycles. The van der Waals surface area contributed by atoms with Crippen LogP contribution in [0.1, 0.15) is 41.6 Å². The Labute approximate surface area is 165 Å². The summed E-state index contributed by atoms with van der Waals surface area (Å²) in [6.45, 7) is 2.04. The minimum absolute atomic E-state index is 0.0284. The number of amides is 2. The standard InChI is InChI=1S/C19H19BrN2O2.CO2/c1-2-17-16(13-6-4-3-5-7-13)12-18(23)22(17)21-19(24)14-8-10-15(20)11-9-14;2-1-3/h3-11,16-17H,2,12H2,1H3,(H,21,24);/t16?,17-;/m0./s1. The molecule has 0 saturated carbocycles. The van der Waals surface area contributed by atoms with Gasteiger partial charge in [0.1, 0.15) is 0 Å². The highest BCUT2D eigenvalue weighted by Gasteiger charge is 2.40. The van der Waals surface area contributed by atoms with E-state index in [1.807, 2.05) is 49.4 Å². The summed E-state index contributed by atoms with van der Waals surface area (Å²) in [5, 5.41) is 1.52. The topological polar surface area (TPSA) is 83.6 Å². The summed E-state index contributed by atoms with van der Waals surface area (Å²) >= 11 is 3.35. The molecule has 140 valence electrons. The average molecular weight is 431 g/mol. The molecular weight excluding hydrogens is 412 g/mol. The highest BCUT2D eigenvalue weighted by Crippen LogP contribution is 2.35. The summed E-state index contributed by atoms with van der Waals surface area (Å²) in [6.07, 6.45) is 1.45. The first-order chi connectivity index (χ1) is 13.0. The van der Waals surface area contributed by atoms with E-state index in [1.165, 1.54) is 5.01 Å². The summed E-state index contributed by atoms with van der Waals surface area (Å²) in [7, 11) is 0. The molecule has 0 aliphatic carbocycles. The van der Waals surface area contributed by atoms with Crippen LogP contribution in [0.5, 0.6) is 0 Å². The summed E-state index contributed by atoms with van der Waals surface area (Å²) in [4.78, 5) is 41.1. The van der Waals surface area contributed by atoms with Crippen molar-refractivity contribution in [2.75, 3.05) is 0 Å². The maximum Gasteiger partial charge on any atom is 0.373 e. The Bertz CT molecular complexity index is 818. The molecule has 1 saturated heterocycles. The molecule has 1 heterocycles. The summed E-state index contributed by atoms with van der Waals surface area (Å²) in [5.41, 5.74) is 4.46. The largest absolute Gasteiger partial charge is 0.373 e. The van der Waals surface area contributed by atoms with E-state index in [-0.39, 0.29) is 29.9 Å². The molecule has 27 heavy (non-hydrogen) atoms. The second-order valence-electron chi connectivity index (χ2n) is 5.99. The van der Waals surface area contributed by atoms with Crippen LogP contribution in [0, 0.1) is 0 Å². The lowest BCUT2D eigenvalue weighted by Gasteiger charge is -2.27. The maximum atomic E-state index is 12.5. The second-order valence-corrected chi connectivity index (χ2v) is 6.91. The van der Waals surface area contributed by atoms with Gasteiger partial charge in [-0.25, -0.2) is 0 Å². The number of carbonyl (C=O) groups is 2. The molecule has 6 nitrogen and oxygen atoms in total. The molecule has 1 unspecified atom stereocenters. The fraction of sp³-hybridized carbons (Fsp3) is 0.250. The Kier molecular flexibility index (Phi) is 7.46. The van der Waals surface area contributed by atoms with E-state index in [1.54, 1.807) is 12.1 Å². The first kappa shape index (κ1) is 20.6. The van der Waals surface area contributed by atoms with E-state index in [9.17, 15) is 9.59 Å². The van der Waals surface area contributed by atoms with Crippen molar-refractivity contribution in [2.45, 2.75) is 31.7 Å². The van der Waals surface area contributed by atoms with Crippen LogP contribution in [0.25, 0.3) is 0 Å². The summed E-state index contributed by atoms with van der Waals surface area (Å²) in [5.74, 6) is -0.196. The third-order valence-electron chi connectivity index (χ3n) is 4.43. The van der Waals surface area contributed by atoms with Gasteiger partial charge in [0.15, 0.2) is 0 Å². The predicted octanol–water partition coefficient (Wildman–Crippen LogP) is 3.31. The van der Waals surface area contributed by atoms with Gasteiger partial charge in [-0.3, -0.25) is 20.0 Å². The SMILES string of the molecule is CC[C@H]1C(c2ccccc2)CC(=O)N1NC(=O)c1ccc(Br)cc1.O=C=O. The van der Waals surface area contributed by atoms with Gasteiger partial charge in [-0.1, -0.05) is 53.2 Å². The first-order valence-corrected chi connectivity index (χ1v) is 9.24. The monoisotopic (exact) mass is 430 g/mol. The van der Waals surface area contributed by atoms with Crippen molar-refractivity contribution in [1.82, 2.24) is 10.4 Å². The van der Waals surface area contributed by atoms with Gasteiger partial charge in [0.25, 0.3) is 5.91 Å². The highest BCUT2D eigenvalue weighted by atomic mass is 79.9. The van der Waals surface area contributed by atoms with Gasteiger partial charge in [0, 0.05) is 22.4 Å². The highest BCUT2D eigenvalue weighted by molar-refractivity contribution is 9.10. The quantitative estimate of drug-likeness (QED) is 0.806. The van der Waals surface area contributed by atoms with Gasteiger partial charge in [0.05, 0.1) is 6.04 Å². The Morgan fingerprint density at radius 2 is 1.74 bits per heavy atom. The molecule has 1 aliphatic rings. The van der Waals surface area contributed by atoms with Gasteiger partial charge in [0.2, 0.25) is 5.91 Å². The summed E-state index contributed by atoms with van der Waals surface area (Å²) in [6, 6.07) is 17.1. The molecule has 0 bridgehead atoms. The lowest BCUT2D eigenvalue weighted by Crippen LogP contribution is -2.48. The third kappa shape index (κ3) is 5.12. The zero-order chi connectivity index (χ0) is 19.8. The van der Waals surface area contributed by atoms with Crippen LogP contribution >= 0.6 is 15.9 Å². The Hall–Kier alpha value is -2.76. The number of rotatable bonds is 4. The number of hydrogen-bond donors (Lipinski definition) is 1. The van der Waals surface area contributed by atoms with Crippen molar-refractivity contribution >= 4 is 33.9 Å². The minimum Gasteiger partial charge on any atom is -0.273 e. The predicted molar refractivity (Wildman–Crippen MR) is 101 cm³/mol. The molecule has 0 spiro atoms. The Morgan fingerprint density at radius 3 is 2.30 bits per heavy atom. The molecular formula is C20H19BrN2O4. The number of nitrogens with zero attached hydrogens (tertiary/aromatic N) is 1. The molecule has 0 aromatic heterocycles. The minimum atomic E-state index is -0.261. The zero-order valence-corrected chi connectivity index (χ0v) is 16.3. The first-order valence-electron chi connectivity index (χ1n) is 8.44. The van der Waals surface area contributed by atoms with Gasteiger partial charge < -0.3 is 0 Å². The van der Waals surface area contributed by atoms with Crippen LogP contribution in [0.4, 0.5) is 0 Å². The molecule has 1 aliphatic heterocycles. The van der Waals surface area contributed by atoms with E-state index in [0.717, 1.165) is 16.5 Å². The van der Waals surface area contributed by atoms with Crippen molar-refractivity contribution in [3.63, 3.8) is 0 Å². The van der Waals surface area contributed by atoms with Crippen LogP contribution in [-0.4, -0.2) is 29.0 Å². The van der Waals surface area contributed by atoms with E-state index >= 15 is 0 Å². The summed E-state index contributed by atoms with van der Waals surface area (Å²) < 4.78 is 0.909. The maximum absolute atomic E-state index is 12.5. The molecule has 2 atom stereocenters. The van der Waals surface area contributed by atoms with E-state index in [4.69, 9.17) is 9.59 Å². The van der Waals surface area contributed by atoms with Gasteiger partial charge in [-0.15, -0.1) is 0 Å². The number of halogens is 1. The van der Waals surface area contributed by atoms with Crippen LogP contribution in [0.2, 0.25) is 0 Å². The van der Waals surface area contributed by atoms with Gasteiger partial charge >= 0.3 is 6.15 Å². The van der Waals surface area contributed by atoms with E-state index in [2.05, 4.69) is 21.4 Å². The van der Waals surface area contributed by atoms with Crippen molar-refractivity contribution in [3.05, 3.63) is 70.2 Å². The number of carbonyl (C=O) groups excluding carboxylic acids is 4. The molecule has 7 heteroatoms. The van der Waals surface area contributed by atoms with Crippen molar-refractivity contribution in [1.29, 1.82) is 0 Å². The van der Waals surface area contributed by atoms with Crippen LogP contribution in [0.3, 0.4) is 0 Å². The lowest BCUT2D eigenvalue weighted by molar-refractivity contribution is -0.191. The Morgan fingerprint density at radius 1 is 1.15 bits per heavy atom. The lowest BCUT2D eigenvalue weighted by atomic mass is 9.90. The van der Waals surface area contributed by atoms with E-state index < -0.39 is 0 Å². The molecule has 0 radical (unpaired) electrons. The third-order valence-corrected chi connectivity index (χ3v) is 4.96. The average Bonchev–Trinajstić information content (AvgIpc) is 2.99. The van der Waals surface area contributed by atoms with Crippen LogP contribution in [0.15, 0.2) is 59.1 Å². The number of nitrogens with one attached hydrogen (secondary N) is 1. The van der Waals surface area contributed by atoms with Crippen molar-refractivity contribution in [2.24, 2.45) is 0 Å².